The van der Waals surface area contributed by atoms with Crippen molar-refractivity contribution in [3.05, 3.63) is 30.1 Å². The monoisotopic (exact) mass is 335 g/mol. The van der Waals surface area contributed by atoms with E-state index in [1.807, 2.05) is 38.1 Å². The molecule has 1 saturated heterocycles. The summed E-state index contributed by atoms with van der Waals surface area (Å²) in [4.78, 5) is 16.9. The summed E-state index contributed by atoms with van der Waals surface area (Å²) in [7, 11) is 0. The Hall–Kier alpha value is -1.92. The van der Waals surface area contributed by atoms with E-state index in [0.29, 0.717) is 5.82 Å². The zero-order chi connectivity index (χ0) is 15.6. The van der Waals surface area contributed by atoms with Gasteiger partial charge in [-0.05, 0) is 44.9 Å². The Morgan fingerprint density at radius 3 is 2.87 bits per heavy atom. The molecule has 1 atom stereocenters. The molecule has 23 heavy (non-hydrogen) atoms. The number of hydrogen-bond acceptors (Lipinski definition) is 4. The molecular weight excluding hydrogens is 314 g/mol. The van der Waals surface area contributed by atoms with Crippen LogP contribution in [0.5, 0.6) is 0 Å². The third-order valence-electron chi connectivity index (χ3n) is 4.26. The lowest BCUT2D eigenvalue weighted by Gasteiger charge is -2.26. The number of aromatic nitrogens is 3. The number of carbonyl (C=O) groups is 1. The molecule has 0 radical (unpaired) electrons. The van der Waals surface area contributed by atoms with Crippen molar-refractivity contribution in [1.82, 2.24) is 20.5 Å². The van der Waals surface area contributed by atoms with E-state index in [2.05, 4.69) is 25.8 Å². The predicted octanol–water partition coefficient (Wildman–Crippen LogP) is 2.67. The van der Waals surface area contributed by atoms with Crippen molar-refractivity contribution in [3.63, 3.8) is 0 Å². The number of aryl methyl sites for hydroxylation is 1. The predicted molar refractivity (Wildman–Crippen MR) is 92.7 cm³/mol. The molecule has 1 aliphatic heterocycles. The van der Waals surface area contributed by atoms with Gasteiger partial charge in [0.2, 0.25) is 5.91 Å². The summed E-state index contributed by atoms with van der Waals surface area (Å²) in [5, 5.41) is 13.4. The lowest BCUT2D eigenvalue weighted by atomic mass is 9.93. The fraction of sp³-hybridized carbons (Fsp3) is 0.438. The molecule has 3 N–H and O–H groups in total. The summed E-state index contributed by atoms with van der Waals surface area (Å²) in [6, 6.07) is 7.62. The number of nitrogens with one attached hydrogen (secondary N) is 3. The molecule has 2 heterocycles. The summed E-state index contributed by atoms with van der Waals surface area (Å²) in [6.45, 7) is 4.81. The Morgan fingerprint density at radius 2 is 2.26 bits per heavy atom. The van der Waals surface area contributed by atoms with Crippen molar-refractivity contribution in [2.24, 2.45) is 0 Å². The number of H-pyrrole nitrogens is 1. The molecule has 6 nitrogen and oxygen atoms in total. The molecule has 7 heteroatoms. The Balaban J connectivity index is 0.00000192. The number of benzene rings is 1. The topological polar surface area (TPSA) is 82.7 Å². The fourth-order valence-corrected chi connectivity index (χ4v) is 2.92. The average molecular weight is 336 g/mol. The first-order valence-electron chi connectivity index (χ1n) is 7.69. The van der Waals surface area contributed by atoms with Crippen LogP contribution in [0.4, 0.5) is 5.69 Å². The van der Waals surface area contributed by atoms with Gasteiger partial charge in [0.1, 0.15) is 5.82 Å². The first-order valence-corrected chi connectivity index (χ1v) is 7.69. The van der Waals surface area contributed by atoms with E-state index in [0.717, 1.165) is 42.9 Å². The van der Waals surface area contributed by atoms with E-state index < -0.39 is 5.54 Å². The van der Waals surface area contributed by atoms with Gasteiger partial charge in [-0.2, -0.15) is 5.10 Å². The molecule has 1 aliphatic rings. The number of hydrogen-bond donors (Lipinski definition) is 3. The summed E-state index contributed by atoms with van der Waals surface area (Å²) in [5.74, 6) is 1.44. The maximum absolute atomic E-state index is 12.6. The van der Waals surface area contributed by atoms with Crippen molar-refractivity contribution >= 4 is 24.0 Å². The summed E-state index contributed by atoms with van der Waals surface area (Å²) in [5.41, 5.74) is 1.22. The maximum Gasteiger partial charge on any atom is 0.244 e. The van der Waals surface area contributed by atoms with Crippen LogP contribution in [0.1, 0.15) is 32.0 Å². The van der Waals surface area contributed by atoms with Crippen LogP contribution in [0.15, 0.2) is 24.3 Å². The lowest BCUT2D eigenvalue weighted by molar-refractivity contribution is -0.122. The molecule has 0 bridgehead atoms. The molecule has 1 unspecified atom stereocenters. The number of halogens is 1. The van der Waals surface area contributed by atoms with Crippen LogP contribution in [-0.2, 0) is 4.79 Å². The number of nitrogens with zero attached hydrogens (tertiary/aromatic N) is 2. The molecule has 124 valence electrons. The van der Waals surface area contributed by atoms with Gasteiger partial charge in [0.15, 0.2) is 5.82 Å². The highest BCUT2D eigenvalue weighted by Gasteiger charge is 2.39. The molecular formula is C16H22ClN5O. The second kappa shape index (κ2) is 7.10. The van der Waals surface area contributed by atoms with E-state index >= 15 is 0 Å². The minimum absolute atomic E-state index is 0. The lowest BCUT2D eigenvalue weighted by Crippen LogP contribution is -2.50. The highest BCUT2D eigenvalue weighted by molar-refractivity contribution is 5.98. The van der Waals surface area contributed by atoms with Crippen LogP contribution in [0, 0.1) is 6.92 Å². The van der Waals surface area contributed by atoms with Crippen molar-refractivity contribution < 1.29 is 4.79 Å². The highest BCUT2D eigenvalue weighted by Crippen LogP contribution is 2.26. The van der Waals surface area contributed by atoms with Gasteiger partial charge in [0, 0.05) is 11.3 Å². The average Bonchev–Trinajstić information content (AvgIpc) is 3.17. The van der Waals surface area contributed by atoms with Gasteiger partial charge in [-0.25, -0.2) is 4.98 Å². The van der Waals surface area contributed by atoms with Gasteiger partial charge in [-0.1, -0.05) is 19.1 Å². The molecule has 0 spiro atoms. The van der Waals surface area contributed by atoms with Gasteiger partial charge in [0.05, 0.1) is 5.54 Å². The van der Waals surface area contributed by atoms with E-state index in [1.54, 1.807) is 0 Å². The number of rotatable bonds is 4. The first kappa shape index (κ1) is 17.4. The van der Waals surface area contributed by atoms with Crippen LogP contribution in [0.3, 0.4) is 0 Å². The SMILES string of the molecule is CCC1(C(=O)Nc2cccc(-c3n[nH]c(C)n3)c2)CCCN1.Cl. The van der Waals surface area contributed by atoms with Crippen LogP contribution < -0.4 is 10.6 Å². The third kappa shape index (κ3) is 3.54. The highest BCUT2D eigenvalue weighted by atomic mass is 35.5. The second-order valence-corrected chi connectivity index (χ2v) is 5.75. The van der Waals surface area contributed by atoms with Crippen molar-refractivity contribution in [2.75, 3.05) is 11.9 Å². The summed E-state index contributed by atoms with van der Waals surface area (Å²) in [6.07, 6.45) is 2.71. The largest absolute Gasteiger partial charge is 0.324 e. The number of aromatic amines is 1. The third-order valence-corrected chi connectivity index (χ3v) is 4.26. The van der Waals surface area contributed by atoms with Crippen molar-refractivity contribution in [1.29, 1.82) is 0 Å². The van der Waals surface area contributed by atoms with Crippen LogP contribution in [0.25, 0.3) is 11.4 Å². The fourth-order valence-electron chi connectivity index (χ4n) is 2.92. The summed E-state index contributed by atoms with van der Waals surface area (Å²) < 4.78 is 0. The number of carbonyl (C=O) groups excluding carboxylic acids is 1. The van der Waals surface area contributed by atoms with Gasteiger partial charge < -0.3 is 10.6 Å². The Morgan fingerprint density at radius 1 is 1.43 bits per heavy atom. The number of amides is 1. The molecule has 1 fully saturated rings. The number of anilines is 1. The van der Waals surface area contributed by atoms with E-state index in [1.165, 1.54) is 0 Å². The standard InChI is InChI=1S/C16H21N5O.ClH/c1-3-16(8-5-9-17-16)15(22)19-13-7-4-6-12(10-13)14-18-11(2)20-21-14;/h4,6-7,10,17H,3,5,8-9H2,1-2H3,(H,19,22)(H,18,20,21);1H. The second-order valence-electron chi connectivity index (χ2n) is 5.75. The van der Waals surface area contributed by atoms with E-state index in [4.69, 9.17) is 0 Å². The van der Waals surface area contributed by atoms with Crippen LogP contribution in [-0.4, -0.2) is 33.2 Å². The van der Waals surface area contributed by atoms with Gasteiger partial charge in [0.25, 0.3) is 0 Å². The molecule has 1 aromatic heterocycles. The Labute approximate surface area is 141 Å². The molecule has 3 rings (SSSR count). The summed E-state index contributed by atoms with van der Waals surface area (Å²) >= 11 is 0. The zero-order valence-electron chi connectivity index (χ0n) is 13.3. The van der Waals surface area contributed by atoms with E-state index in [9.17, 15) is 4.79 Å². The molecule has 0 saturated carbocycles. The zero-order valence-corrected chi connectivity index (χ0v) is 14.2. The smallest absolute Gasteiger partial charge is 0.244 e. The minimum atomic E-state index is -0.433. The van der Waals surface area contributed by atoms with E-state index in [-0.39, 0.29) is 18.3 Å². The van der Waals surface area contributed by atoms with Crippen LogP contribution in [0.2, 0.25) is 0 Å². The minimum Gasteiger partial charge on any atom is -0.324 e. The first-order chi connectivity index (χ1) is 10.6. The molecule has 1 aromatic carbocycles. The van der Waals surface area contributed by atoms with Gasteiger partial charge in [-0.3, -0.25) is 9.89 Å². The molecule has 1 amide bonds. The quantitative estimate of drug-likeness (QED) is 0.802. The van der Waals surface area contributed by atoms with Crippen LogP contribution >= 0.6 is 12.4 Å². The normalized spacial score (nSPS) is 20.1. The molecule has 0 aliphatic carbocycles. The van der Waals surface area contributed by atoms with Gasteiger partial charge >= 0.3 is 0 Å². The molecule has 2 aromatic rings. The Kier molecular flexibility index (Phi) is 5.38. The maximum atomic E-state index is 12.6. The van der Waals surface area contributed by atoms with Crippen molar-refractivity contribution in [3.8, 4) is 11.4 Å². The Bertz CT molecular complexity index is 679. The van der Waals surface area contributed by atoms with Crippen molar-refractivity contribution in [2.45, 2.75) is 38.6 Å². The van der Waals surface area contributed by atoms with Gasteiger partial charge in [-0.15, -0.1) is 12.4 Å².